The standard InChI is InChI=1S/C14H19FN2S/c1-17(10-11-6-2-5-9-13(11)15)14(18)16-12-7-3-4-8-12/h2,5-6,9,12H,3-4,7-8,10H2,1H3,(H,16,18). The molecule has 0 amide bonds. The van der Waals surface area contributed by atoms with Crippen molar-refractivity contribution in [2.45, 2.75) is 38.3 Å². The van der Waals surface area contributed by atoms with Gasteiger partial charge in [-0.15, -0.1) is 0 Å². The molecule has 0 aliphatic heterocycles. The maximum absolute atomic E-state index is 13.5. The fourth-order valence-electron chi connectivity index (χ4n) is 2.31. The van der Waals surface area contributed by atoms with E-state index in [0.29, 0.717) is 23.3 Å². The molecular formula is C14H19FN2S. The molecule has 0 unspecified atom stereocenters. The van der Waals surface area contributed by atoms with E-state index in [1.165, 1.54) is 31.7 Å². The lowest BCUT2D eigenvalue weighted by atomic mass is 10.2. The second-order valence-corrected chi connectivity index (χ2v) is 5.27. The molecule has 18 heavy (non-hydrogen) atoms. The second kappa shape index (κ2) is 6.14. The van der Waals surface area contributed by atoms with Gasteiger partial charge in [-0.3, -0.25) is 0 Å². The molecule has 0 spiro atoms. The molecule has 1 N–H and O–H groups in total. The lowest BCUT2D eigenvalue weighted by molar-refractivity contribution is 0.457. The van der Waals surface area contributed by atoms with E-state index < -0.39 is 0 Å². The van der Waals surface area contributed by atoms with Crippen LogP contribution in [-0.2, 0) is 6.54 Å². The molecule has 1 saturated carbocycles. The van der Waals surface area contributed by atoms with Gasteiger partial charge >= 0.3 is 0 Å². The number of hydrogen-bond acceptors (Lipinski definition) is 1. The highest BCUT2D eigenvalue weighted by Crippen LogP contribution is 2.18. The summed E-state index contributed by atoms with van der Waals surface area (Å²) in [4.78, 5) is 1.89. The lowest BCUT2D eigenvalue weighted by Gasteiger charge is -2.24. The van der Waals surface area contributed by atoms with Crippen molar-refractivity contribution in [3.05, 3.63) is 35.6 Å². The average molecular weight is 266 g/mol. The fraction of sp³-hybridized carbons (Fsp3) is 0.500. The smallest absolute Gasteiger partial charge is 0.169 e. The van der Waals surface area contributed by atoms with Crippen molar-refractivity contribution in [2.24, 2.45) is 0 Å². The topological polar surface area (TPSA) is 15.3 Å². The normalized spacial score (nSPS) is 15.7. The molecule has 98 valence electrons. The van der Waals surface area contributed by atoms with Crippen molar-refractivity contribution in [2.75, 3.05) is 7.05 Å². The van der Waals surface area contributed by atoms with E-state index in [-0.39, 0.29) is 5.82 Å². The van der Waals surface area contributed by atoms with Crippen molar-refractivity contribution in [3.8, 4) is 0 Å². The lowest BCUT2D eigenvalue weighted by Crippen LogP contribution is -2.41. The highest BCUT2D eigenvalue weighted by molar-refractivity contribution is 7.80. The molecule has 1 aliphatic rings. The van der Waals surface area contributed by atoms with Gasteiger partial charge in [-0.25, -0.2) is 4.39 Å². The van der Waals surface area contributed by atoms with Crippen LogP contribution in [-0.4, -0.2) is 23.1 Å². The largest absolute Gasteiger partial charge is 0.360 e. The van der Waals surface area contributed by atoms with Gasteiger partial charge in [-0.1, -0.05) is 31.0 Å². The number of rotatable bonds is 3. The number of hydrogen-bond donors (Lipinski definition) is 1. The molecule has 2 rings (SSSR count). The van der Waals surface area contributed by atoms with Crippen LogP contribution in [0.2, 0.25) is 0 Å². The van der Waals surface area contributed by atoms with Crippen molar-refractivity contribution in [1.82, 2.24) is 10.2 Å². The van der Waals surface area contributed by atoms with E-state index in [1.54, 1.807) is 12.1 Å². The predicted octanol–water partition coefficient (Wildman–Crippen LogP) is 3.07. The zero-order chi connectivity index (χ0) is 13.0. The van der Waals surface area contributed by atoms with Crippen molar-refractivity contribution < 1.29 is 4.39 Å². The van der Waals surface area contributed by atoms with Gasteiger partial charge in [-0.05, 0) is 31.1 Å². The average Bonchev–Trinajstić information content (AvgIpc) is 2.84. The molecule has 0 saturated heterocycles. The third kappa shape index (κ3) is 3.42. The Morgan fingerprint density at radius 1 is 1.39 bits per heavy atom. The van der Waals surface area contributed by atoms with Gasteiger partial charge in [0.05, 0.1) is 0 Å². The first-order valence-corrected chi connectivity index (χ1v) is 6.82. The molecule has 4 heteroatoms. The number of halogens is 1. The molecule has 0 bridgehead atoms. The molecule has 1 fully saturated rings. The Balaban J connectivity index is 1.89. The van der Waals surface area contributed by atoms with Crippen LogP contribution < -0.4 is 5.32 Å². The summed E-state index contributed by atoms with van der Waals surface area (Å²) < 4.78 is 13.5. The summed E-state index contributed by atoms with van der Waals surface area (Å²) >= 11 is 5.35. The second-order valence-electron chi connectivity index (χ2n) is 4.88. The van der Waals surface area contributed by atoms with Crippen LogP contribution in [0, 0.1) is 5.82 Å². The molecule has 0 heterocycles. The maximum atomic E-state index is 13.5. The molecule has 1 aliphatic carbocycles. The third-order valence-electron chi connectivity index (χ3n) is 3.39. The quantitative estimate of drug-likeness (QED) is 0.846. The van der Waals surface area contributed by atoms with E-state index in [2.05, 4.69) is 5.32 Å². The summed E-state index contributed by atoms with van der Waals surface area (Å²) in [5.74, 6) is -0.173. The van der Waals surface area contributed by atoms with Gasteiger partial charge < -0.3 is 10.2 Å². The minimum atomic E-state index is -0.173. The van der Waals surface area contributed by atoms with Crippen molar-refractivity contribution in [1.29, 1.82) is 0 Å². The summed E-state index contributed by atoms with van der Waals surface area (Å²) in [6.07, 6.45) is 4.93. The molecule has 0 atom stereocenters. The van der Waals surface area contributed by atoms with E-state index in [0.717, 1.165) is 0 Å². The first-order valence-electron chi connectivity index (χ1n) is 6.42. The van der Waals surface area contributed by atoms with Crippen LogP contribution in [0.15, 0.2) is 24.3 Å². The summed E-state index contributed by atoms with van der Waals surface area (Å²) in [7, 11) is 1.90. The summed E-state index contributed by atoms with van der Waals surface area (Å²) in [5, 5.41) is 4.07. The predicted molar refractivity (Wildman–Crippen MR) is 75.9 cm³/mol. The van der Waals surface area contributed by atoms with Gasteiger partial charge in [0.2, 0.25) is 0 Å². The first kappa shape index (κ1) is 13.3. The minimum absolute atomic E-state index is 0.173. The molecular weight excluding hydrogens is 247 g/mol. The molecule has 0 aromatic heterocycles. The fourth-order valence-corrected chi connectivity index (χ4v) is 2.54. The summed E-state index contributed by atoms with van der Waals surface area (Å²) in [6.45, 7) is 0.505. The monoisotopic (exact) mass is 266 g/mol. The zero-order valence-corrected chi connectivity index (χ0v) is 11.5. The Bertz CT molecular complexity index is 416. The van der Waals surface area contributed by atoms with E-state index >= 15 is 0 Å². The maximum Gasteiger partial charge on any atom is 0.169 e. The highest BCUT2D eigenvalue weighted by Gasteiger charge is 2.17. The van der Waals surface area contributed by atoms with Crippen LogP contribution in [0.5, 0.6) is 0 Å². The SMILES string of the molecule is CN(Cc1ccccc1F)C(=S)NC1CCCC1. The zero-order valence-electron chi connectivity index (χ0n) is 10.7. The Morgan fingerprint density at radius 2 is 2.06 bits per heavy atom. The Hall–Kier alpha value is -1.16. The molecule has 1 aromatic rings. The molecule has 0 radical (unpaired) electrons. The van der Waals surface area contributed by atoms with Crippen LogP contribution in [0.4, 0.5) is 4.39 Å². The first-order chi connectivity index (χ1) is 8.66. The number of benzene rings is 1. The highest BCUT2D eigenvalue weighted by atomic mass is 32.1. The number of thiocarbonyl (C=S) groups is 1. The van der Waals surface area contributed by atoms with Crippen LogP contribution in [0.25, 0.3) is 0 Å². The Morgan fingerprint density at radius 3 is 2.72 bits per heavy atom. The van der Waals surface area contributed by atoms with E-state index in [9.17, 15) is 4.39 Å². The van der Waals surface area contributed by atoms with Crippen molar-refractivity contribution in [3.63, 3.8) is 0 Å². The van der Waals surface area contributed by atoms with Crippen LogP contribution in [0.3, 0.4) is 0 Å². The van der Waals surface area contributed by atoms with Crippen LogP contribution in [0.1, 0.15) is 31.2 Å². The van der Waals surface area contributed by atoms with Crippen molar-refractivity contribution >= 4 is 17.3 Å². The van der Waals surface area contributed by atoms with Gasteiger partial charge in [0.25, 0.3) is 0 Å². The number of nitrogens with zero attached hydrogens (tertiary/aromatic N) is 1. The summed E-state index contributed by atoms with van der Waals surface area (Å²) in [5.41, 5.74) is 0.676. The van der Waals surface area contributed by atoms with E-state index in [4.69, 9.17) is 12.2 Å². The van der Waals surface area contributed by atoms with E-state index in [1.807, 2.05) is 18.0 Å². The molecule has 1 aromatic carbocycles. The number of nitrogens with one attached hydrogen (secondary N) is 1. The Kier molecular flexibility index (Phi) is 4.53. The Labute approximate surface area is 113 Å². The van der Waals surface area contributed by atoms with Gasteiger partial charge in [0.1, 0.15) is 5.82 Å². The van der Waals surface area contributed by atoms with Gasteiger partial charge in [-0.2, -0.15) is 0 Å². The van der Waals surface area contributed by atoms with Crippen LogP contribution >= 0.6 is 12.2 Å². The van der Waals surface area contributed by atoms with Gasteiger partial charge in [0, 0.05) is 25.2 Å². The minimum Gasteiger partial charge on any atom is -0.360 e. The third-order valence-corrected chi connectivity index (χ3v) is 3.82. The van der Waals surface area contributed by atoms with Gasteiger partial charge in [0.15, 0.2) is 5.11 Å². The molecule has 2 nitrogen and oxygen atoms in total. The summed E-state index contributed by atoms with van der Waals surface area (Å²) in [6, 6.07) is 7.33.